The summed E-state index contributed by atoms with van der Waals surface area (Å²) in [5, 5.41) is 20.1. The molecule has 0 aromatic heterocycles. The van der Waals surface area contributed by atoms with E-state index in [-0.39, 0.29) is 23.0 Å². The maximum atomic E-state index is 10.1. The van der Waals surface area contributed by atoms with Crippen molar-refractivity contribution < 1.29 is 10.2 Å². The van der Waals surface area contributed by atoms with Gasteiger partial charge in [-0.25, -0.2) is 0 Å². The number of hydrogen-bond donors (Lipinski definition) is 2. The standard InChI is InChI=1S/C42H54O2/c1-31(20-15-21-33(3)19-13-14-24-39-35(5)27-37(43)29-41(39,7)8)17-11-12-18-32(2)22-16-23-34(4)25-26-40-36(6)28-38(44)30-42(40,9)10/h11-13,15-23,37-38,43-44H,27-30H2,1-10H3/b12-11+,19-13+,20-15+,22-16+,31-17+,32-18+,33-21+,34-23+/t37-,38-/m1/s1. The summed E-state index contributed by atoms with van der Waals surface area (Å²) in [5.41, 5.74) is 9.03. The fourth-order valence-electron chi connectivity index (χ4n) is 5.91. The van der Waals surface area contributed by atoms with Crippen LogP contribution in [0.25, 0.3) is 0 Å². The zero-order valence-electron chi connectivity index (χ0n) is 28.8. The maximum absolute atomic E-state index is 10.1. The molecule has 0 saturated carbocycles. The predicted octanol–water partition coefficient (Wildman–Crippen LogP) is 10.00. The third-order valence-corrected chi connectivity index (χ3v) is 8.05. The lowest BCUT2D eigenvalue weighted by Gasteiger charge is -2.34. The van der Waals surface area contributed by atoms with Crippen molar-refractivity contribution in [3.05, 3.63) is 117 Å². The predicted molar refractivity (Wildman–Crippen MR) is 191 cm³/mol. The fourth-order valence-corrected chi connectivity index (χ4v) is 5.91. The first-order valence-electron chi connectivity index (χ1n) is 15.8. The number of rotatable bonds is 7. The molecule has 0 amide bonds. The average molecular weight is 591 g/mol. The van der Waals surface area contributed by atoms with Crippen LogP contribution in [-0.2, 0) is 0 Å². The Morgan fingerprint density at radius 3 is 1.57 bits per heavy atom. The van der Waals surface area contributed by atoms with E-state index in [0.29, 0.717) is 0 Å². The van der Waals surface area contributed by atoms with Crippen LogP contribution in [-0.4, -0.2) is 22.4 Å². The number of allylic oxidation sites excluding steroid dienone is 18. The van der Waals surface area contributed by atoms with Crippen LogP contribution in [0.1, 0.15) is 94.9 Å². The molecule has 44 heavy (non-hydrogen) atoms. The van der Waals surface area contributed by atoms with Crippen molar-refractivity contribution in [1.82, 2.24) is 0 Å². The highest BCUT2D eigenvalue weighted by Crippen LogP contribution is 2.40. The molecular formula is C42H54O2. The van der Waals surface area contributed by atoms with Gasteiger partial charge in [0.25, 0.3) is 0 Å². The second kappa shape index (κ2) is 17.1. The van der Waals surface area contributed by atoms with Gasteiger partial charge in [0.15, 0.2) is 0 Å². The molecule has 0 fully saturated rings. The molecule has 0 unspecified atom stereocenters. The second-order valence-electron chi connectivity index (χ2n) is 13.7. The topological polar surface area (TPSA) is 40.5 Å². The largest absolute Gasteiger partial charge is 0.393 e. The molecule has 0 aromatic carbocycles. The summed E-state index contributed by atoms with van der Waals surface area (Å²) < 4.78 is 0. The zero-order chi connectivity index (χ0) is 32.9. The van der Waals surface area contributed by atoms with Crippen LogP contribution in [0.5, 0.6) is 0 Å². The van der Waals surface area contributed by atoms with Crippen LogP contribution in [0.3, 0.4) is 0 Å². The molecule has 2 rings (SSSR count). The lowest BCUT2D eigenvalue weighted by Crippen LogP contribution is -2.28. The van der Waals surface area contributed by atoms with Gasteiger partial charge in [0.2, 0.25) is 0 Å². The number of aliphatic hydroxyl groups excluding tert-OH is 2. The number of hydrogen-bond acceptors (Lipinski definition) is 2. The van der Waals surface area contributed by atoms with E-state index in [1.165, 1.54) is 11.1 Å². The molecule has 0 saturated heterocycles. The summed E-state index contributed by atoms with van der Waals surface area (Å²) in [4.78, 5) is 0. The zero-order valence-corrected chi connectivity index (χ0v) is 28.8. The highest BCUT2D eigenvalue weighted by Gasteiger charge is 2.32. The first kappa shape index (κ1) is 36.6. The van der Waals surface area contributed by atoms with Gasteiger partial charge in [-0.1, -0.05) is 146 Å². The SMILES string of the molecule is CC1=C(C#C/C=C/C(C)=C/C=C/C(C)=C/C=C/C=C(C)/C=C/C=C(\C)C#CC2=C(C)C[C@@H](O)CC2(C)C)C(C)(C)C[C@H](O)C1. The highest BCUT2D eigenvalue weighted by molar-refractivity contribution is 5.45. The molecule has 0 bridgehead atoms. The minimum absolute atomic E-state index is 0.0805. The molecule has 0 spiro atoms. The normalized spacial score (nSPS) is 23.5. The van der Waals surface area contributed by atoms with Gasteiger partial charge in [-0.2, -0.15) is 0 Å². The summed E-state index contributed by atoms with van der Waals surface area (Å²) in [6.45, 7) is 21.1. The molecule has 0 aliphatic heterocycles. The van der Waals surface area contributed by atoms with Gasteiger partial charge in [0.05, 0.1) is 12.2 Å². The van der Waals surface area contributed by atoms with E-state index in [1.54, 1.807) is 0 Å². The first-order chi connectivity index (χ1) is 20.6. The molecule has 2 N–H and O–H groups in total. The van der Waals surface area contributed by atoms with E-state index in [1.807, 2.05) is 31.2 Å². The van der Waals surface area contributed by atoms with Gasteiger partial charge in [-0.15, -0.1) is 0 Å². The molecule has 0 heterocycles. The molecule has 2 nitrogen and oxygen atoms in total. The van der Waals surface area contributed by atoms with Gasteiger partial charge < -0.3 is 10.2 Å². The average Bonchev–Trinajstić information content (AvgIpc) is 2.88. The Hall–Kier alpha value is -3.56. The summed E-state index contributed by atoms with van der Waals surface area (Å²) in [7, 11) is 0. The van der Waals surface area contributed by atoms with Crippen molar-refractivity contribution in [2.45, 2.75) is 107 Å². The van der Waals surface area contributed by atoms with E-state index in [9.17, 15) is 10.2 Å². The van der Waals surface area contributed by atoms with Crippen LogP contribution in [0, 0.1) is 34.5 Å². The quantitative estimate of drug-likeness (QED) is 0.229. The third kappa shape index (κ3) is 12.6. The van der Waals surface area contributed by atoms with Crippen molar-refractivity contribution in [3.8, 4) is 23.7 Å². The first-order valence-corrected chi connectivity index (χ1v) is 15.8. The Kier molecular flexibility index (Phi) is 14.2. The van der Waals surface area contributed by atoms with Crippen LogP contribution < -0.4 is 0 Å². The van der Waals surface area contributed by atoms with Gasteiger partial charge in [-0.05, 0) is 78.9 Å². The Morgan fingerprint density at radius 2 is 1.07 bits per heavy atom. The summed E-state index contributed by atoms with van der Waals surface area (Å²) in [5.74, 6) is 13.2. The van der Waals surface area contributed by atoms with Gasteiger partial charge in [-0.3, -0.25) is 0 Å². The van der Waals surface area contributed by atoms with Crippen molar-refractivity contribution in [3.63, 3.8) is 0 Å². The lowest BCUT2D eigenvalue weighted by atomic mass is 9.72. The van der Waals surface area contributed by atoms with Crippen molar-refractivity contribution in [2.75, 3.05) is 0 Å². The number of aliphatic hydroxyl groups is 2. The molecule has 234 valence electrons. The van der Waals surface area contributed by atoms with Crippen LogP contribution >= 0.6 is 0 Å². The highest BCUT2D eigenvalue weighted by atomic mass is 16.3. The Bertz CT molecular complexity index is 1480. The minimum atomic E-state index is -0.263. The van der Waals surface area contributed by atoms with E-state index in [0.717, 1.165) is 59.1 Å². The molecular weight excluding hydrogens is 536 g/mol. The second-order valence-corrected chi connectivity index (χ2v) is 13.7. The van der Waals surface area contributed by atoms with E-state index < -0.39 is 0 Å². The van der Waals surface area contributed by atoms with Crippen LogP contribution in [0.2, 0.25) is 0 Å². The van der Waals surface area contributed by atoms with Gasteiger partial charge in [0.1, 0.15) is 0 Å². The van der Waals surface area contributed by atoms with Crippen LogP contribution in [0.4, 0.5) is 0 Å². The summed E-state index contributed by atoms with van der Waals surface area (Å²) in [6, 6.07) is 0. The maximum Gasteiger partial charge on any atom is 0.0586 e. The minimum Gasteiger partial charge on any atom is -0.393 e. The van der Waals surface area contributed by atoms with Crippen molar-refractivity contribution in [2.24, 2.45) is 10.8 Å². The van der Waals surface area contributed by atoms with E-state index >= 15 is 0 Å². The molecule has 0 aromatic rings. The molecule has 2 aliphatic rings. The van der Waals surface area contributed by atoms with E-state index in [2.05, 4.69) is 135 Å². The molecule has 2 atom stereocenters. The van der Waals surface area contributed by atoms with Crippen molar-refractivity contribution >= 4 is 0 Å². The molecule has 0 radical (unpaired) electrons. The molecule has 2 heteroatoms. The van der Waals surface area contributed by atoms with E-state index in [4.69, 9.17) is 0 Å². The third-order valence-electron chi connectivity index (χ3n) is 8.05. The van der Waals surface area contributed by atoms with Gasteiger partial charge >= 0.3 is 0 Å². The lowest BCUT2D eigenvalue weighted by molar-refractivity contribution is 0.116. The summed E-state index contributed by atoms with van der Waals surface area (Å²) in [6.07, 6.45) is 27.1. The Labute approximate surface area is 268 Å². The monoisotopic (exact) mass is 590 g/mol. The fraction of sp³-hybridized carbons (Fsp3) is 0.429. The van der Waals surface area contributed by atoms with Gasteiger partial charge in [0, 0.05) is 22.0 Å². The summed E-state index contributed by atoms with van der Waals surface area (Å²) >= 11 is 0. The van der Waals surface area contributed by atoms with Crippen LogP contribution in [0.15, 0.2) is 117 Å². The smallest absolute Gasteiger partial charge is 0.0586 e. The Balaban J connectivity index is 1.89. The molecule has 2 aliphatic carbocycles. The van der Waals surface area contributed by atoms with Crippen molar-refractivity contribution in [1.29, 1.82) is 0 Å². The Morgan fingerprint density at radius 1 is 0.636 bits per heavy atom.